The van der Waals surface area contributed by atoms with Crippen LogP contribution < -0.4 is 0 Å². The van der Waals surface area contributed by atoms with Crippen molar-refractivity contribution in [3.8, 4) is 0 Å². The average molecular weight is 355 g/mol. The van der Waals surface area contributed by atoms with Gasteiger partial charge in [0.1, 0.15) is 0 Å². The van der Waals surface area contributed by atoms with Gasteiger partial charge in [-0.2, -0.15) is 0 Å². The highest BCUT2D eigenvalue weighted by Crippen LogP contribution is 2.21. The molecule has 0 aromatic heterocycles. The van der Waals surface area contributed by atoms with Gasteiger partial charge in [-0.25, -0.2) is 0 Å². The second kappa shape index (κ2) is 17.3. The fourth-order valence-electron chi connectivity index (χ4n) is 3.99. The number of hydrogen-bond donors (Lipinski definition) is 1. The lowest BCUT2D eigenvalue weighted by atomic mass is 9.96. The maximum atomic E-state index is 10.1. The van der Waals surface area contributed by atoms with Gasteiger partial charge in [-0.05, 0) is 12.8 Å². The van der Waals surface area contributed by atoms with E-state index in [1.807, 2.05) is 0 Å². The Labute approximate surface area is 158 Å². The van der Waals surface area contributed by atoms with Crippen molar-refractivity contribution in [2.75, 3.05) is 13.2 Å². The zero-order chi connectivity index (χ0) is 18.0. The normalized spacial score (nSPS) is 18.7. The Balaban J connectivity index is 1.69. The van der Waals surface area contributed by atoms with Crippen LogP contribution in [0.2, 0.25) is 0 Å². The topological polar surface area (TPSA) is 29.5 Å². The quantitative estimate of drug-likeness (QED) is 0.268. The van der Waals surface area contributed by atoms with Gasteiger partial charge in [-0.1, -0.05) is 110 Å². The zero-order valence-electron chi connectivity index (χ0n) is 17.2. The van der Waals surface area contributed by atoms with E-state index in [4.69, 9.17) is 4.74 Å². The summed E-state index contributed by atoms with van der Waals surface area (Å²) < 4.78 is 5.35. The van der Waals surface area contributed by atoms with Gasteiger partial charge in [-0.3, -0.25) is 0 Å². The van der Waals surface area contributed by atoms with Crippen molar-refractivity contribution in [2.45, 2.75) is 129 Å². The van der Waals surface area contributed by atoms with Gasteiger partial charge in [0, 0.05) is 12.5 Å². The van der Waals surface area contributed by atoms with Gasteiger partial charge in [0.05, 0.1) is 12.7 Å². The molecular formula is C23H46O2. The predicted molar refractivity (Wildman–Crippen MR) is 109 cm³/mol. The second-order valence-electron chi connectivity index (χ2n) is 8.28. The number of ether oxygens (including phenoxy) is 1. The molecule has 0 aliphatic carbocycles. The van der Waals surface area contributed by atoms with Gasteiger partial charge in [-0.15, -0.1) is 0 Å². The number of aliphatic hydroxyl groups excluding tert-OH is 1. The molecule has 1 aliphatic heterocycles. The van der Waals surface area contributed by atoms with E-state index in [0.717, 1.165) is 26.1 Å². The van der Waals surface area contributed by atoms with Crippen LogP contribution in [0, 0.1) is 5.92 Å². The van der Waals surface area contributed by atoms with E-state index in [9.17, 15) is 5.11 Å². The molecule has 2 nitrogen and oxygen atoms in total. The van der Waals surface area contributed by atoms with E-state index >= 15 is 0 Å². The minimum Gasteiger partial charge on any atom is -0.393 e. The molecule has 0 amide bonds. The summed E-state index contributed by atoms with van der Waals surface area (Å²) in [5, 5.41) is 10.1. The first kappa shape index (κ1) is 23.0. The lowest BCUT2D eigenvalue weighted by Crippen LogP contribution is -2.20. The van der Waals surface area contributed by atoms with Crippen LogP contribution in [0.1, 0.15) is 122 Å². The van der Waals surface area contributed by atoms with Crippen LogP contribution in [-0.4, -0.2) is 24.4 Å². The van der Waals surface area contributed by atoms with Gasteiger partial charge in [0.15, 0.2) is 0 Å². The van der Waals surface area contributed by atoms with Crippen LogP contribution in [0.4, 0.5) is 0 Å². The van der Waals surface area contributed by atoms with Crippen molar-refractivity contribution in [1.82, 2.24) is 0 Å². The maximum absolute atomic E-state index is 10.1. The van der Waals surface area contributed by atoms with Crippen molar-refractivity contribution in [2.24, 2.45) is 5.92 Å². The first-order chi connectivity index (χ1) is 12.3. The van der Waals surface area contributed by atoms with Gasteiger partial charge in [0.2, 0.25) is 0 Å². The summed E-state index contributed by atoms with van der Waals surface area (Å²) in [6, 6.07) is 0. The number of aliphatic hydroxyl groups is 1. The van der Waals surface area contributed by atoms with Crippen LogP contribution in [0.3, 0.4) is 0 Å². The number of unbranched alkanes of at least 4 members (excludes halogenated alkanes) is 15. The highest BCUT2D eigenvalue weighted by atomic mass is 16.5. The molecule has 1 fully saturated rings. The zero-order valence-corrected chi connectivity index (χ0v) is 17.2. The minimum atomic E-state index is -0.117. The largest absolute Gasteiger partial charge is 0.393 e. The molecule has 0 saturated carbocycles. The third-order valence-corrected chi connectivity index (χ3v) is 5.86. The van der Waals surface area contributed by atoms with Crippen molar-refractivity contribution in [3.05, 3.63) is 0 Å². The molecule has 2 unspecified atom stereocenters. The summed E-state index contributed by atoms with van der Waals surface area (Å²) in [7, 11) is 0. The average Bonchev–Trinajstić information content (AvgIpc) is 3.16. The van der Waals surface area contributed by atoms with E-state index in [1.54, 1.807) is 0 Å². The Morgan fingerprint density at radius 2 is 1.16 bits per heavy atom. The molecule has 0 aromatic carbocycles. The lowest BCUT2D eigenvalue weighted by molar-refractivity contribution is 0.0825. The molecule has 0 spiro atoms. The van der Waals surface area contributed by atoms with E-state index in [0.29, 0.717) is 5.92 Å². The summed E-state index contributed by atoms with van der Waals surface area (Å²) in [6.07, 6.45) is 24.4. The molecule has 0 aromatic rings. The van der Waals surface area contributed by atoms with Gasteiger partial charge < -0.3 is 9.84 Å². The fourth-order valence-corrected chi connectivity index (χ4v) is 3.99. The Bertz CT molecular complexity index is 261. The summed E-state index contributed by atoms with van der Waals surface area (Å²) in [5.41, 5.74) is 0. The molecule has 1 N–H and O–H groups in total. The molecule has 0 bridgehead atoms. The van der Waals surface area contributed by atoms with Crippen molar-refractivity contribution in [3.63, 3.8) is 0 Å². The molecule has 0 radical (unpaired) electrons. The highest BCUT2D eigenvalue weighted by Gasteiger charge is 2.23. The third kappa shape index (κ3) is 13.7. The standard InChI is InChI=1S/C23H46O2/c1-2-3-4-5-6-7-8-9-10-11-12-13-14-15-16-17-18-23(24)22-19-20-25-21-22/h22-24H,2-21H2,1H3. The summed E-state index contributed by atoms with van der Waals surface area (Å²) >= 11 is 0. The first-order valence-electron chi connectivity index (χ1n) is 11.6. The molecule has 1 aliphatic rings. The van der Waals surface area contributed by atoms with Crippen LogP contribution >= 0.6 is 0 Å². The third-order valence-electron chi connectivity index (χ3n) is 5.86. The van der Waals surface area contributed by atoms with E-state index in [-0.39, 0.29) is 6.10 Å². The first-order valence-corrected chi connectivity index (χ1v) is 11.6. The van der Waals surface area contributed by atoms with E-state index < -0.39 is 0 Å². The van der Waals surface area contributed by atoms with E-state index in [1.165, 1.54) is 103 Å². The highest BCUT2D eigenvalue weighted by molar-refractivity contribution is 4.72. The lowest BCUT2D eigenvalue weighted by Gasteiger charge is -2.15. The number of hydrogen-bond acceptors (Lipinski definition) is 2. The fraction of sp³-hybridized carbons (Fsp3) is 1.00. The van der Waals surface area contributed by atoms with Crippen molar-refractivity contribution in [1.29, 1.82) is 0 Å². The van der Waals surface area contributed by atoms with Crippen molar-refractivity contribution >= 4 is 0 Å². The smallest absolute Gasteiger partial charge is 0.0591 e. The van der Waals surface area contributed by atoms with Crippen LogP contribution in [-0.2, 0) is 4.74 Å². The monoisotopic (exact) mass is 354 g/mol. The van der Waals surface area contributed by atoms with Crippen LogP contribution in [0.15, 0.2) is 0 Å². The molecule has 2 heteroatoms. The SMILES string of the molecule is CCCCCCCCCCCCCCCCCCC(O)C1CCOC1. The Morgan fingerprint density at radius 1 is 0.720 bits per heavy atom. The van der Waals surface area contributed by atoms with Gasteiger partial charge in [0.25, 0.3) is 0 Å². The number of rotatable bonds is 18. The Morgan fingerprint density at radius 3 is 1.56 bits per heavy atom. The summed E-state index contributed by atoms with van der Waals surface area (Å²) in [6.45, 7) is 3.91. The van der Waals surface area contributed by atoms with Crippen LogP contribution in [0.5, 0.6) is 0 Å². The maximum Gasteiger partial charge on any atom is 0.0591 e. The van der Waals surface area contributed by atoms with E-state index in [2.05, 4.69) is 6.92 Å². The molecule has 25 heavy (non-hydrogen) atoms. The molecule has 2 atom stereocenters. The molecule has 1 saturated heterocycles. The Hall–Kier alpha value is -0.0800. The summed E-state index contributed by atoms with van der Waals surface area (Å²) in [5.74, 6) is 0.413. The van der Waals surface area contributed by atoms with Gasteiger partial charge >= 0.3 is 0 Å². The second-order valence-corrected chi connectivity index (χ2v) is 8.28. The Kier molecular flexibility index (Phi) is 15.9. The minimum absolute atomic E-state index is 0.117. The molecule has 150 valence electrons. The molecule has 1 heterocycles. The predicted octanol–water partition coefficient (Wildman–Crippen LogP) is 7.04. The molecule has 1 rings (SSSR count). The van der Waals surface area contributed by atoms with Crippen LogP contribution in [0.25, 0.3) is 0 Å². The summed E-state index contributed by atoms with van der Waals surface area (Å²) in [4.78, 5) is 0. The molecular weight excluding hydrogens is 308 g/mol. The van der Waals surface area contributed by atoms with Crippen molar-refractivity contribution < 1.29 is 9.84 Å².